The van der Waals surface area contributed by atoms with Crippen molar-refractivity contribution in [3.63, 3.8) is 0 Å². The topological polar surface area (TPSA) is 54.0 Å². The Labute approximate surface area is 84.5 Å². The highest BCUT2D eigenvalue weighted by molar-refractivity contribution is 6.67. The number of halogens is 1. The molecule has 0 bridgehead atoms. The smallest absolute Gasteiger partial charge is 0.252 e. The third-order valence-electron chi connectivity index (χ3n) is 1.86. The lowest BCUT2D eigenvalue weighted by Crippen LogP contribution is -1.86. The zero-order chi connectivity index (χ0) is 10.1. The zero-order valence-corrected chi connectivity index (χ0v) is 7.71. The van der Waals surface area contributed by atoms with E-state index in [2.05, 4.69) is 0 Å². The van der Waals surface area contributed by atoms with Crippen LogP contribution >= 0.6 is 11.6 Å². The van der Waals surface area contributed by atoms with Crippen LogP contribution in [0.2, 0.25) is 0 Å². The van der Waals surface area contributed by atoms with E-state index in [1.165, 1.54) is 6.07 Å². The van der Waals surface area contributed by atoms with Gasteiger partial charge in [-0.15, -0.1) is 0 Å². The monoisotopic (exact) mass is 205 g/mol. The first-order chi connectivity index (χ1) is 6.70. The quantitative estimate of drug-likeness (QED) is 0.673. The highest BCUT2D eigenvalue weighted by Crippen LogP contribution is 2.20. The van der Waals surface area contributed by atoms with E-state index in [1.807, 2.05) is 6.07 Å². The van der Waals surface area contributed by atoms with Gasteiger partial charge in [0.1, 0.15) is 11.7 Å². The lowest BCUT2D eigenvalue weighted by molar-refractivity contribution is 0.108. The van der Waals surface area contributed by atoms with Gasteiger partial charge in [-0.05, 0) is 23.7 Å². The molecule has 2 aromatic rings. The fourth-order valence-electron chi connectivity index (χ4n) is 1.21. The van der Waals surface area contributed by atoms with Crippen LogP contribution in [-0.2, 0) is 0 Å². The van der Waals surface area contributed by atoms with Crippen molar-refractivity contribution in [3.8, 4) is 6.07 Å². The van der Waals surface area contributed by atoms with E-state index in [0.717, 1.165) is 5.39 Å². The molecule has 0 N–H and O–H groups in total. The predicted molar refractivity (Wildman–Crippen MR) is 51.1 cm³/mol. The molecule has 0 aliphatic heterocycles. The van der Waals surface area contributed by atoms with E-state index in [9.17, 15) is 4.79 Å². The molecule has 14 heavy (non-hydrogen) atoms. The second kappa shape index (κ2) is 3.17. The predicted octanol–water partition coefficient (Wildman–Crippen LogP) is 2.68. The fourth-order valence-corrected chi connectivity index (χ4v) is 1.33. The first kappa shape index (κ1) is 8.79. The molecular formula is C10H4ClNO2. The standard InChI is InChI=1S/C10H4ClNO2/c11-10(13)7-2-1-6-3-8(5-12)14-9(6)4-7/h1-4H. The summed E-state index contributed by atoms with van der Waals surface area (Å²) >= 11 is 5.30. The van der Waals surface area contributed by atoms with E-state index >= 15 is 0 Å². The van der Waals surface area contributed by atoms with Crippen LogP contribution in [0, 0.1) is 11.3 Å². The summed E-state index contributed by atoms with van der Waals surface area (Å²) in [5, 5.41) is 8.82. The van der Waals surface area contributed by atoms with E-state index in [-0.39, 0.29) is 5.76 Å². The Kier molecular flexibility index (Phi) is 1.99. The summed E-state index contributed by atoms with van der Waals surface area (Å²) in [5.41, 5.74) is 0.853. The van der Waals surface area contributed by atoms with Crippen LogP contribution in [0.3, 0.4) is 0 Å². The summed E-state index contributed by atoms with van der Waals surface area (Å²) in [6.45, 7) is 0. The molecule has 0 aliphatic carbocycles. The fraction of sp³-hybridized carbons (Fsp3) is 0. The molecule has 1 heterocycles. The minimum absolute atomic E-state index is 0.221. The van der Waals surface area contributed by atoms with E-state index in [0.29, 0.717) is 11.1 Å². The van der Waals surface area contributed by atoms with Crippen LogP contribution in [0.25, 0.3) is 11.0 Å². The summed E-state index contributed by atoms with van der Waals surface area (Å²) in [6.07, 6.45) is 0. The molecule has 1 aromatic heterocycles. The Morgan fingerprint density at radius 3 is 2.86 bits per heavy atom. The molecule has 68 valence electrons. The molecule has 4 heteroatoms. The number of furan rings is 1. The molecule has 0 radical (unpaired) electrons. The minimum Gasteiger partial charge on any atom is -0.446 e. The number of rotatable bonds is 1. The van der Waals surface area contributed by atoms with Gasteiger partial charge in [0.25, 0.3) is 5.24 Å². The molecular weight excluding hydrogens is 202 g/mol. The van der Waals surface area contributed by atoms with Gasteiger partial charge in [0.2, 0.25) is 5.76 Å². The number of hydrogen-bond acceptors (Lipinski definition) is 3. The third kappa shape index (κ3) is 1.36. The Bertz CT molecular complexity index is 551. The third-order valence-corrected chi connectivity index (χ3v) is 2.08. The van der Waals surface area contributed by atoms with Crippen LogP contribution in [0.15, 0.2) is 28.7 Å². The Morgan fingerprint density at radius 2 is 2.21 bits per heavy atom. The number of nitrogens with zero attached hydrogens (tertiary/aromatic N) is 1. The molecule has 1 aromatic carbocycles. The molecule has 0 saturated heterocycles. The van der Waals surface area contributed by atoms with Crippen LogP contribution in [0.5, 0.6) is 0 Å². The van der Waals surface area contributed by atoms with Crippen LogP contribution in [0.1, 0.15) is 16.1 Å². The van der Waals surface area contributed by atoms with Crippen molar-refractivity contribution in [2.75, 3.05) is 0 Å². The lowest BCUT2D eigenvalue weighted by Gasteiger charge is -1.91. The SMILES string of the molecule is N#Cc1cc2ccc(C(=O)Cl)cc2o1. The van der Waals surface area contributed by atoms with Gasteiger partial charge in [-0.1, -0.05) is 6.07 Å². The van der Waals surface area contributed by atoms with Crippen molar-refractivity contribution < 1.29 is 9.21 Å². The van der Waals surface area contributed by atoms with E-state index in [1.54, 1.807) is 18.2 Å². The van der Waals surface area contributed by atoms with Crippen molar-refractivity contribution in [2.24, 2.45) is 0 Å². The molecule has 0 saturated carbocycles. The Hall–Kier alpha value is -1.79. The van der Waals surface area contributed by atoms with Crippen molar-refractivity contribution >= 4 is 27.8 Å². The maximum absolute atomic E-state index is 10.8. The van der Waals surface area contributed by atoms with Crippen molar-refractivity contribution in [1.82, 2.24) is 0 Å². The maximum Gasteiger partial charge on any atom is 0.252 e. The summed E-state index contributed by atoms with van der Waals surface area (Å²) in [6, 6.07) is 8.29. The summed E-state index contributed by atoms with van der Waals surface area (Å²) < 4.78 is 5.14. The number of hydrogen-bond donors (Lipinski definition) is 0. The normalized spacial score (nSPS) is 10.0. The second-order valence-electron chi connectivity index (χ2n) is 2.75. The van der Waals surface area contributed by atoms with Crippen LogP contribution in [-0.4, -0.2) is 5.24 Å². The van der Waals surface area contributed by atoms with Gasteiger partial charge in [0.05, 0.1) is 0 Å². The first-order valence-corrected chi connectivity index (χ1v) is 4.22. The largest absolute Gasteiger partial charge is 0.446 e. The Balaban J connectivity index is 2.66. The van der Waals surface area contributed by atoms with Gasteiger partial charge >= 0.3 is 0 Å². The van der Waals surface area contributed by atoms with Gasteiger partial charge in [0.15, 0.2) is 0 Å². The summed E-state index contributed by atoms with van der Waals surface area (Å²) in [4.78, 5) is 10.8. The van der Waals surface area contributed by atoms with Crippen LogP contribution in [0.4, 0.5) is 0 Å². The van der Waals surface area contributed by atoms with Crippen molar-refractivity contribution in [1.29, 1.82) is 5.26 Å². The second-order valence-corrected chi connectivity index (χ2v) is 3.09. The molecule has 0 atom stereocenters. The van der Waals surface area contributed by atoms with Crippen molar-refractivity contribution in [3.05, 3.63) is 35.6 Å². The number of carbonyl (C=O) groups is 1. The highest BCUT2D eigenvalue weighted by Gasteiger charge is 2.06. The molecule has 0 aliphatic rings. The number of nitriles is 1. The highest BCUT2D eigenvalue weighted by atomic mass is 35.5. The molecule has 2 rings (SSSR count). The van der Waals surface area contributed by atoms with Gasteiger partial charge in [-0.25, -0.2) is 0 Å². The lowest BCUT2D eigenvalue weighted by atomic mass is 10.2. The van der Waals surface area contributed by atoms with Gasteiger partial charge in [-0.2, -0.15) is 5.26 Å². The summed E-state index contributed by atoms with van der Waals surface area (Å²) in [5.74, 6) is 0.221. The van der Waals surface area contributed by atoms with Gasteiger partial charge in [-0.3, -0.25) is 4.79 Å². The molecule has 3 nitrogen and oxygen atoms in total. The number of fused-ring (bicyclic) bond motifs is 1. The average molecular weight is 206 g/mol. The van der Waals surface area contributed by atoms with E-state index in [4.69, 9.17) is 21.3 Å². The number of benzene rings is 1. The van der Waals surface area contributed by atoms with Crippen LogP contribution < -0.4 is 0 Å². The van der Waals surface area contributed by atoms with Gasteiger partial charge < -0.3 is 4.42 Å². The zero-order valence-electron chi connectivity index (χ0n) is 6.95. The average Bonchev–Trinajstić information content (AvgIpc) is 2.58. The Morgan fingerprint density at radius 1 is 1.43 bits per heavy atom. The molecule has 0 fully saturated rings. The van der Waals surface area contributed by atoms with Gasteiger partial charge in [0, 0.05) is 17.0 Å². The molecule has 0 amide bonds. The van der Waals surface area contributed by atoms with E-state index < -0.39 is 5.24 Å². The minimum atomic E-state index is -0.540. The molecule has 0 unspecified atom stereocenters. The first-order valence-electron chi connectivity index (χ1n) is 3.84. The number of carbonyl (C=O) groups excluding carboxylic acids is 1. The van der Waals surface area contributed by atoms with Crippen molar-refractivity contribution in [2.45, 2.75) is 0 Å². The maximum atomic E-state index is 10.8. The summed E-state index contributed by atoms with van der Waals surface area (Å²) in [7, 11) is 0. The molecule has 0 spiro atoms.